The molecule has 0 aromatic heterocycles. The standard InChI is InChI=1S/C30H47N3O4S/c1-11-23-14-16-24(17-15-23)26(27(34)31-21(4)5)33(22(6)13-12-20(2)3)28(35)25(18-19-38-10)32-29(36)37-30(7,8)9/h1,14-17,20-22,25-26H,12-13,18-19H2,2-10H3,(H,31,34)(H,32,36). The second-order valence-corrected chi connectivity index (χ2v) is 12.4. The smallest absolute Gasteiger partial charge is 0.408 e. The van der Waals surface area contributed by atoms with Crippen molar-refractivity contribution in [2.45, 2.75) is 104 Å². The van der Waals surface area contributed by atoms with Crippen molar-refractivity contribution in [3.05, 3.63) is 35.4 Å². The molecule has 0 aliphatic rings. The minimum atomic E-state index is -0.892. The summed E-state index contributed by atoms with van der Waals surface area (Å²) in [5.74, 6) is 3.09. The Morgan fingerprint density at radius 1 is 1.00 bits per heavy atom. The molecule has 1 aromatic carbocycles. The zero-order valence-corrected chi connectivity index (χ0v) is 25.4. The summed E-state index contributed by atoms with van der Waals surface area (Å²) in [5.41, 5.74) is 0.639. The van der Waals surface area contributed by atoms with E-state index in [2.05, 4.69) is 30.4 Å². The van der Waals surface area contributed by atoms with Crippen LogP contribution >= 0.6 is 11.8 Å². The maximum atomic E-state index is 14.3. The van der Waals surface area contributed by atoms with Crippen LogP contribution in [0.1, 0.15) is 91.8 Å². The summed E-state index contributed by atoms with van der Waals surface area (Å²) in [5, 5.41) is 5.78. The normalized spacial score (nSPS) is 13.8. The van der Waals surface area contributed by atoms with Crippen LogP contribution in [0.3, 0.4) is 0 Å². The van der Waals surface area contributed by atoms with Crippen molar-refractivity contribution in [1.29, 1.82) is 0 Å². The number of nitrogens with one attached hydrogen (secondary N) is 2. The molecule has 0 radical (unpaired) electrons. The number of alkyl carbamates (subject to hydrolysis) is 1. The van der Waals surface area contributed by atoms with Crippen molar-refractivity contribution in [3.8, 4) is 12.3 Å². The predicted molar refractivity (Wildman–Crippen MR) is 157 cm³/mol. The number of thioether (sulfide) groups is 1. The zero-order chi connectivity index (χ0) is 29.0. The van der Waals surface area contributed by atoms with Gasteiger partial charge in [-0.2, -0.15) is 11.8 Å². The van der Waals surface area contributed by atoms with Gasteiger partial charge in [0, 0.05) is 17.6 Å². The molecular weight excluding hydrogens is 498 g/mol. The van der Waals surface area contributed by atoms with E-state index in [4.69, 9.17) is 11.2 Å². The maximum Gasteiger partial charge on any atom is 0.408 e. The molecule has 212 valence electrons. The van der Waals surface area contributed by atoms with Gasteiger partial charge in [0.05, 0.1) is 0 Å². The van der Waals surface area contributed by atoms with Crippen LogP contribution < -0.4 is 10.6 Å². The Morgan fingerprint density at radius 3 is 2.08 bits per heavy atom. The molecule has 0 heterocycles. The van der Waals surface area contributed by atoms with Gasteiger partial charge < -0.3 is 20.3 Å². The number of terminal acetylenes is 1. The van der Waals surface area contributed by atoms with Crippen molar-refractivity contribution in [3.63, 3.8) is 0 Å². The van der Waals surface area contributed by atoms with Crippen LogP contribution in [0.5, 0.6) is 0 Å². The van der Waals surface area contributed by atoms with Gasteiger partial charge in [-0.05, 0) is 96.4 Å². The minimum absolute atomic E-state index is 0.120. The van der Waals surface area contributed by atoms with E-state index >= 15 is 0 Å². The zero-order valence-electron chi connectivity index (χ0n) is 24.6. The fraction of sp³-hybridized carbons (Fsp3) is 0.633. The minimum Gasteiger partial charge on any atom is -0.444 e. The van der Waals surface area contributed by atoms with Gasteiger partial charge >= 0.3 is 6.09 Å². The first-order chi connectivity index (χ1) is 17.7. The first kappa shape index (κ1) is 33.4. The number of hydrogen-bond acceptors (Lipinski definition) is 5. The van der Waals surface area contributed by atoms with E-state index in [1.165, 1.54) is 0 Å². The Balaban J connectivity index is 3.60. The number of ether oxygens (including phenoxy) is 1. The molecule has 3 unspecified atom stereocenters. The van der Waals surface area contributed by atoms with Crippen molar-refractivity contribution < 1.29 is 19.1 Å². The van der Waals surface area contributed by atoms with Crippen molar-refractivity contribution in [1.82, 2.24) is 15.5 Å². The molecule has 8 heteroatoms. The van der Waals surface area contributed by atoms with E-state index < -0.39 is 23.8 Å². The van der Waals surface area contributed by atoms with Gasteiger partial charge in [-0.1, -0.05) is 31.9 Å². The lowest BCUT2D eigenvalue weighted by atomic mass is 9.96. The highest BCUT2D eigenvalue weighted by molar-refractivity contribution is 7.98. The molecule has 0 aliphatic heterocycles. The van der Waals surface area contributed by atoms with E-state index in [1.54, 1.807) is 61.7 Å². The molecule has 0 fully saturated rings. The predicted octanol–water partition coefficient (Wildman–Crippen LogP) is 5.53. The molecule has 3 atom stereocenters. The average molecular weight is 546 g/mol. The largest absolute Gasteiger partial charge is 0.444 e. The molecule has 1 aromatic rings. The second-order valence-electron chi connectivity index (χ2n) is 11.4. The number of benzene rings is 1. The number of carbonyl (C=O) groups excluding carboxylic acids is 3. The van der Waals surface area contributed by atoms with Gasteiger partial charge in [-0.3, -0.25) is 9.59 Å². The van der Waals surface area contributed by atoms with Gasteiger partial charge in [-0.15, -0.1) is 6.42 Å². The summed E-state index contributed by atoms with van der Waals surface area (Å²) >= 11 is 1.58. The van der Waals surface area contributed by atoms with Crippen molar-refractivity contribution in [2.24, 2.45) is 5.92 Å². The molecule has 0 aliphatic carbocycles. The lowest BCUT2D eigenvalue weighted by molar-refractivity contribution is -0.145. The Labute approximate surface area is 234 Å². The quantitative estimate of drug-likeness (QED) is 0.318. The van der Waals surface area contributed by atoms with Crippen LogP contribution in [0.15, 0.2) is 24.3 Å². The van der Waals surface area contributed by atoms with E-state index in [-0.39, 0.29) is 23.9 Å². The molecule has 7 nitrogen and oxygen atoms in total. The van der Waals surface area contributed by atoms with Crippen molar-refractivity contribution in [2.75, 3.05) is 12.0 Å². The summed E-state index contributed by atoms with van der Waals surface area (Å²) in [6.45, 7) is 15.3. The van der Waals surface area contributed by atoms with Crippen LogP contribution in [0.25, 0.3) is 0 Å². The first-order valence-corrected chi connectivity index (χ1v) is 14.8. The fourth-order valence-corrected chi connectivity index (χ4v) is 4.47. The summed E-state index contributed by atoms with van der Waals surface area (Å²) in [7, 11) is 0. The number of hydrogen-bond donors (Lipinski definition) is 2. The highest BCUT2D eigenvalue weighted by atomic mass is 32.2. The monoisotopic (exact) mass is 545 g/mol. The Kier molecular flexibility index (Phi) is 13.8. The van der Waals surface area contributed by atoms with Gasteiger partial charge in [0.2, 0.25) is 11.8 Å². The van der Waals surface area contributed by atoms with Crippen LogP contribution in [-0.4, -0.2) is 58.5 Å². The van der Waals surface area contributed by atoms with Crippen molar-refractivity contribution >= 4 is 29.7 Å². The van der Waals surface area contributed by atoms with E-state index in [1.807, 2.05) is 27.0 Å². The third kappa shape index (κ3) is 11.4. The second kappa shape index (κ2) is 15.7. The molecule has 0 saturated carbocycles. The van der Waals surface area contributed by atoms with Gasteiger partial charge in [0.1, 0.15) is 17.7 Å². The summed E-state index contributed by atoms with van der Waals surface area (Å²) in [6.07, 6.45) is 8.84. The Morgan fingerprint density at radius 2 is 1.61 bits per heavy atom. The Bertz CT molecular complexity index is 948. The summed E-state index contributed by atoms with van der Waals surface area (Å²) in [4.78, 5) is 42.4. The van der Waals surface area contributed by atoms with Gasteiger partial charge in [0.15, 0.2) is 0 Å². The van der Waals surface area contributed by atoms with E-state index in [0.717, 1.165) is 6.42 Å². The number of amides is 3. The molecule has 38 heavy (non-hydrogen) atoms. The highest BCUT2D eigenvalue weighted by Gasteiger charge is 2.38. The average Bonchev–Trinajstić information content (AvgIpc) is 2.81. The third-order valence-electron chi connectivity index (χ3n) is 5.84. The van der Waals surface area contributed by atoms with E-state index in [0.29, 0.717) is 35.6 Å². The fourth-order valence-electron chi connectivity index (χ4n) is 4.00. The molecule has 2 N–H and O–H groups in total. The molecule has 1 rings (SSSR count). The topological polar surface area (TPSA) is 87.7 Å². The molecule has 0 saturated heterocycles. The SMILES string of the molecule is C#Cc1ccc(C(C(=O)NC(C)C)N(C(=O)C(CCSC)NC(=O)OC(C)(C)C)C(C)CCC(C)C)cc1. The molecule has 0 spiro atoms. The molecule has 0 bridgehead atoms. The summed E-state index contributed by atoms with van der Waals surface area (Å²) in [6, 6.07) is 5.02. The third-order valence-corrected chi connectivity index (χ3v) is 6.49. The van der Waals surface area contributed by atoms with Crippen LogP contribution in [0.4, 0.5) is 4.79 Å². The van der Waals surface area contributed by atoms with Crippen LogP contribution in [-0.2, 0) is 14.3 Å². The number of rotatable bonds is 13. The van der Waals surface area contributed by atoms with Crippen LogP contribution in [0, 0.1) is 18.3 Å². The lowest BCUT2D eigenvalue weighted by Gasteiger charge is -2.39. The van der Waals surface area contributed by atoms with E-state index in [9.17, 15) is 14.4 Å². The molecular formula is C30H47N3O4S. The van der Waals surface area contributed by atoms with Gasteiger partial charge in [0.25, 0.3) is 0 Å². The number of carbonyl (C=O) groups is 3. The first-order valence-electron chi connectivity index (χ1n) is 13.4. The number of nitrogens with zero attached hydrogens (tertiary/aromatic N) is 1. The maximum absolute atomic E-state index is 14.3. The lowest BCUT2D eigenvalue weighted by Crippen LogP contribution is -2.56. The summed E-state index contributed by atoms with van der Waals surface area (Å²) < 4.78 is 5.46. The van der Waals surface area contributed by atoms with Crippen LogP contribution in [0.2, 0.25) is 0 Å². The van der Waals surface area contributed by atoms with Gasteiger partial charge in [-0.25, -0.2) is 4.79 Å². The highest BCUT2D eigenvalue weighted by Crippen LogP contribution is 2.28. The molecule has 3 amide bonds. The Hall–Kier alpha value is -2.66.